The Morgan fingerprint density at radius 2 is 1.74 bits per heavy atom. The normalized spacial score (nSPS) is 11.7. The molecule has 0 aliphatic rings. The highest BCUT2D eigenvalue weighted by Crippen LogP contribution is 2.34. The predicted molar refractivity (Wildman–Crippen MR) is 79.4 cm³/mol. The van der Waals surface area contributed by atoms with Crippen LogP contribution in [0.2, 0.25) is 5.02 Å². The van der Waals surface area contributed by atoms with Crippen LogP contribution in [0.4, 0.5) is 13.2 Å². The Labute approximate surface area is 140 Å². The van der Waals surface area contributed by atoms with Gasteiger partial charge in [-0.1, -0.05) is 11.6 Å². The van der Waals surface area contributed by atoms with E-state index in [1.165, 1.54) is 18.5 Å². The quantitative estimate of drug-likeness (QED) is 0.621. The molecule has 23 heavy (non-hydrogen) atoms. The first kappa shape index (κ1) is 15.9. The van der Waals surface area contributed by atoms with Gasteiger partial charge < -0.3 is 4.74 Å². The van der Waals surface area contributed by atoms with Gasteiger partial charge >= 0.3 is 12.2 Å². The van der Waals surface area contributed by atoms with Crippen molar-refractivity contribution in [3.05, 3.63) is 46.0 Å². The number of benzene rings is 1. The second kappa shape index (κ2) is 5.89. The van der Waals surface area contributed by atoms with Gasteiger partial charge in [-0.25, -0.2) is 19.9 Å². The Kier molecular flexibility index (Phi) is 4.07. The molecule has 0 bridgehead atoms. The molecule has 0 atom stereocenters. The van der Waals surface area contributed by atoms with Crippen LogP contribution in [-0.4, -0.2) is 19.9 Å². The third-order valence-electron chi connectivity index (χ3n) is 2.71. The molecular weight excluding hydrogens is 401 g/mol. The summed E-state index contributed by atoms with van der Waals surface area (Å²) in [7, 11) is 0. The van der Waals surface area contributed by atoms with Gasteiger partial charge in [-0.15, -0.1) is 0 Å². The lowest BCUT2D eigenvalue weighted by Gasteiger charge is -2.10. The zero-order valence-electron chi connectivity index (χ0n) is 11.0. The average Bonchev–Trinajstić information content (AvgIpc) is 2.51. The van der Waals surface area contributed by atoms with Gasteiger partial charge in [-0.05, 0) is 28.1 Å². The van der Waals surface area contributed by atoms with Crippen molar-refractivity contribution in [3.63, 3.8) is 0 Å². The Hall–Kier alpha value is -2.00. The number of ether oxygens (including phenoxy) is 1. The Balaban J connectivity index is 2.08. The van der Waals surface area contributed by atoms with Crippen molar-refractivity contribution in [1.82, 2.24) is 19.9 Å². The second-order valence-electron chi connectivity index (χ2n) is 4.29. The largest absolute Gasteiger partial charge is 0.451 e. The van der Waals surface area contributed by atoms with E-state index in [0.717, 1.165) is 6.20 Å². The highest BCUT2D eigenvalue weighted by molar-refractivity contribution is 9.10. The molecule has 3 rings (SSSR count). The van der Waals surface area contributed by atoms with Crippen molar-refractivity contribution in [2.24, 2.45) is 0 Å². The summed E-state index contributed by atoms with van der Waals surface area (Å²) >= 11 is 8.84. The minimum Gasteiger partial charge on any atom is -0.424 e. The lowest BCUT2D eigenvalue weighted by Crippen LogP contribution is -2.10. The van der Waals surface area contributed by atoms with E-state index in [0.29, 0.717) is 9.50 Å². The fourth-order valence-corrected chi connectivity index (χ4v) is 2.27. The summed E-state index contributed by atoms with van der Waals surface area (Å²) in [5.74, 6) is -1.01. The zero-order valence-corrected chi connectivity index (χ0v) is 13.3. The van der Waals surface area contributed by atoms with Crippen LogP contribution in [0.15, 0.2) is 35.2 Å². The fraction of sp³-hybridized carbons (Fsp3) is 0.0769. The summed E-state index contributed by atoms with van der Waals surface area (Å²) in [6, 6.07) is 3.06. The van der Waals surface area contributed by atoms with E-state index in [9.17, 15) is 13.2 Å². The molecule has 0 fully saturated rings. The third-order valence-corrected chi connectivity index (χ3v) is 3.55. The van der Waals surface area contributed by atoms with Gasteiger partial charge in [0.05, 0.1) is 28.3 Å². The highest BCUT2D eigenvalue weighted by Gasteiger charge is 2.35. The first-order chi connectivity index (χ1) is 10.8. The summed E-state index contributed by atoms with van der Waals surface area (Å²) in [6.45, 7) is 0. The van der Waals surface area contributed by atoms with Gasteiger partial charge in [0.25, 0.3) is 0 Å². The fourth-order valence-electron chi connectivity index (χ4n) is 1.74. The van der Waals surface area contributed by atoms with Crippen LogP contribution in [0, 0.1) is 0 Å². The Bertz CT molecular complexity index is 873. The van der Waals surface area contributed by atoms with Crippen LogP contribution >= 0.6 is 27.5 Å². The van der Waals surface area contributed by atoms with Crippen molar-refractivity contribution in [2.45, 2.75) is 6.18 Å². The van der Waals surface area contributed by atoms with E-state index in [2.05, 4.69) is 35.9 Å². The van der Waals surface area contributed by atoms with Crippen molar-refractivity contribution >= 4 is 38.4 Å². The van der Waals surface area contributed by atoms with E-state index in [1.807, 2.05) is 0 Å². The summed E-state index contributed by atoms with van der Waals surface area (Å²) in [5.41, 5.74) is 0.0683. The summed E-state index contributed by atoms with van der Waals surface area (Å²) < 4.78 is 44.0. The van der Waals surface area contributed by atoms with Crippen LogP contribution in [0.25, 0.3) is 10.9 Å². The third kappa shape index (κ3) is 3.35. The molecule has 0 saturated heterocycles. The van der Waals surface area contributed by atoms with Gasteiger partial charge in [0.1, 0.15) is 5.75 Å². The zero-order chi connectivity index (χ0) is 16.6. The molecule has 0 saturated carbocycles. The predicted octanol–water partition coefficient (Wildman–Crippen LogP) is 4.65. The smallest absolute Gasteiger partial charge is 0.424 e. The molecule has 3 aromatic rings. The number of hydrogen-bond donors (Lipinski definition) is 0. The number of nitrogens with zero attached hydrogens (tertiary/aromatic N) is 4. The van der Waals surface area contributed by atoms with Crippen LogP contribution in [-0.2, 0) is 6.18 Å². The lowest BCUT2D eigenvalue weighted by molar-refractivity contribution is -0.144. The van der Waals surface area contributed by atoms with Crippen LogP contribution < -0.4 is 4.74 Å². The molecule has 0 unspecified atom stereocenters. The maximum atomic E-state index is 12.7. The minimum absolute atomic E-state index is 0.00193. The van der Waals surface area contributed by atoms with Crippen LogP contribution in [0.5, 0.6) is 11.8 Å². The summed E-state index contributed by atoms with van der Waals surface area (Å²) in [6.07, 6.45) is -0.919. The standard InChI is InChI=1S/C13H5BrClF3N4O/c14-8-1-2-9(23-12-20-3-6(15)4-21-12)7-5-19-11(13(16,17)18)22-10(7)8/h1-5H. The van der Waals surface area contributed by atoms with Gasteiger partial charge in [-0.2, -0.15) is 13.2 Å². The first-order valence-electron chi connectivity index (χ1n) is 6.02. The molecule has 2 heterocycles. The molecule has 0 radical (unpaired) electrons. The molecule has 0 spiro atoms. The average molecular weight is 406 g/mol. The molecule has 1 aromatic carbocycles. The van der Waals surface area contributed by atoms with Gasteiger partial charge in [0.2, 0.25) is 5.82 Å². The van der Waals surface area contributed by atoms with E-state index >= 15 is 0 Å². The first-order valence-corrected chi connectivity index (χ1v) is 7.19. The number of hydrogen-bond acceptors (Lipinski definition) is 5. The monoisotopic (exact) mass is 404 g/mol. The number of rotatable bonds is 2. The van der Waals surface area contributed by atoms with E-state index in [4.69, 9.17) is 16.3 Å². The molecule has 0 amide bonds. The highest BCUT2D eigenvalue weighted by atomic mass is 79.9. The minimum atomic E-state index is -4.64. The molecule has 0 aliphatic carbocycles. The lowest BCUT2D eigenvalue weighted by atomic mass is 10.2. The van der Waals surface area contributed by atoms with Crippen molar-refractivity contribution in [2.75, 3.05) is 0 Å². The molecule has 5 nitrogen and oxygen atoms in total. The number of aromatic nitrogens is 4. The van der Waals surface area contributed by atoms with E-state index < -0.39 is 12.0 Å². The Morgan fingerprint density at radius 1 is 1.04 bits per heavy atom. The molecule has 0 N–H and O–H groups in total. The number of fused-ring (bicyclic) bond motifs is 1. The van der Waals surface area contributed by atoms with E-state index in [-0.39, 0.29) is 22.7 Å². The van der Waals surface area contributed by atoms with Gasteiger partial charge in [-0.3, -0.25) is 0 Å². The van der Waals surface area contributed by atoms with Crippen LogP contribution in [0.1, 0.15) is 5.82 Å². The molecule has 0 aliphatic heterocycles. The van der Waals surface area contributed by atoms with Gasteiger partial charge in [0.15, 0.2) is 0 Å². The Morgan fingerprint density at radius 3 is 2.39 bits per heavy atom. The molecule has 10 heteroatoms. The number of alkyl halides is 3. The molecule has 2 aromatic heterocycles. The summed E-state index contributed by atoms with van der Waals surface area (Å²) in [4.78, 5) is 14.6. The van der Waals surface area contributed by atoms with Crippen molar-refractivity contribution in [1.29, 1.82) is 0 Å². The molecule has 118 valence electrons. The van der Waals surface area contributed by atoms with Gasteiger partial charge in [0, 0.05) is 10.7 Å². The maximum Gasteiger partial charge on any atom is 0.451 e. The molecular formula is C13H5BrClF3N4O. The SMILES string of the molecule is FC(F)(F)c1ncc2c(Oc3ncc(Cl)cn3)ccc(Br)c2n1. The van der Waals surface area contributed by atoms with Crippen molar-refractivity contribution in [3.8, 4) is 11.8 Å². The van der Waals surface area contributed by atoms with E-state index in [1.54, 1.807) is 6.07 Å². The summed E-state index contributed by atoms with van der Waals surface area (Å²) in [5, 5.41) is 0.613. The van der Waals surface area contributed by atoms with Crippen molar-refractivity contribution < 1.29 is 17.9 Å². The van der Waals surface area contributed by atoms with Crippen LogP contribution in [0.3, 0.4) is 0 Å². The second-order valence-corrected chi connectivity index (χ2v) is 5.58. The topological polar surface area (TPSA) is 60.8 Å². The maximum absolute atomic E-state index is 12.7. The number of halogens is 5.